The standard InChI is InChI=1S/2C38H6.C15H17NO.2CH4/c2*1-3-5(1)7(3)9(5)11(7)13(9)15(11)17(13)19(15)21(17)23(19)25(21)27(23)29(25)31(27)33(29)35(31)37(33)36-32-28-24-20-16-12-8-4-2-6(4,8)10(8,12)14(12,16)18(16,20)22(20,24)26(24,28)30(28,32)34(32,36)38(35,36)37;1-12-7-9-14(10-8-12)15(17-11-16)13-5-3-2-4-6-13;;/h2*3-4H,1-2H2;2-10,15H,11,16H2,1H3;2*1H4. The van der Waals surface area contributed by atoms with Crippen LogP contribution in [0.4, 0.5) is 0 Å². The van der Waals surface area contributed by atoms with Crippen molar-refractivity contribution < 1.29 is 4.74 Å². The van der Waals surface area contributed by atoms with E-state index in [1.807, 2.05) is 18.2 Å². The van der Waals surface area contributed by atoms with Crippen LogP contribution < -0.4 is 5.73 Å². The normalized spacial score (nSPS) is 145. The third-order valence-corrected chi connectivity index (χ3v) is 78.7. The topological polar surface area (TPSA) is 35.2 Å². The summed E-state index contributed by atoms with van der Waals surface area (Å²) in [6.45, 7) is 2.29. The molecule has 65 atom stereocenters. The van der Waals surface area contributed by atoms with Gasteiger partial charge in [-0.1, -0.05) is 75.0 Å². The molecule has 2 aromatic carbocycles. The predicted octanol–water partition coefficient (Wildman–Crippen LogP) is 8.46. The summed E-state index contributed by atoms with van der Waals surface area (Å²) < 4.78 is 5.63. The van der Waals surface area contributed by atoms with Crippen LogP contribution in [-0.4, -0.2) is 6.73 Å². The van der Waals surface area contributed by atoms with Crippen LogP contribution in [0.25, 0.3) is 0 Å². The molecule has 2 nitrogen and oxygen atoms in total. The van der Waals surface area contributed by atoms with Gasteiger partial charge in [0.1, 0.15) is 6.10 Å². The first-order valence-corrected chi connectivity index (χ1v) is 43.6. The van der Waals surface area contributed by atoms with E-state index < -0.39 is 0 Å². The van der Waals surface area contributed by atoms with Crippen LogP contribution in [0, 0.1) is 399 Å². The summed E-state index contributed by atoms with van der Waals surface area (Å²) >= 11 is 0. The minimum atomic E-state index is -0.0817. The van der Waals surface area contributed by atoms with Crippen LogP contribution >= 0.6 is 0 Å². The average Bonchev–Trinajstić information content (AvgIpc) is 1.10. The second kappa shape index (κ2) is 3.89. The van der Waals surface area contributed by atoms with Gasteiger partial charge in [-0.15, -0.1) is 0 Å². The van der Waals surface area contributed by atoms with Crippen LogP contribution in [0.1, 0.15) is 63.3 Å². The number of hydrogen-bond acceptors (Lipinski definition) is 2. The second-order valence-electron chi connectivity index (χ2n) is 59.2. The lowest BCUT2D eigenvalue weighted by molar-refractivity contribution is 0.0856. The Morgan fingerprint density at radius 3 is 0.621 bits per heavy atom. The molecule has 68 spiro atoms. The Kier molecular flexibility index (Phi) is 1.24. The molecule has 2 heteroatoms. The number of aryl methyl sites for hydroxylation is 1. The number of nitrogens with two attached hydrogens (primary N) is 1. The maximum absolute atomic E-state index is 5.63. The summed E-state index contributed by atoms with van der Waals surface area (Å²) in [6.07, 6.45) is 7.02. The third kappa shape index (κ3) is 0.600. The van der Waals surface area contributed by atoms with E-state index in [0.29, 0.717) is 0 Å². The molecule has 72 fully saturated rings. The van der Waals surface area contributed by atoms with E-state index in [2.05, 4.69) is 43.3 Å². The quantitative estimate of drug-likeness (QED) is 0.313. The van der Waals surface area contributed by atoms with Crippen LogP contribution in [0.5, 0.6) is 0 Å². The van der Waals surface area contributed by atoms with Gasteiger partial charge in [-0.2, -0.15) is 0 Å². The average molecular weight is 1180 g/mol. The highest BCUT2D eigenvalue weighted by Crippen LogP contribution is 4.08. The minimum absolute atomic E-state index is 0. The van der Waals surface area contributed by atoms with Gasteiger partial charge >= 0.3 is 0 Å². The van der Waals surface area contributed by atoms with E-state index in [1.165, 1.54) is 397 Å². The van der Waals surface area contributed by atoms with Gasteiger partial charge < -0.3 is 10.5 Å². The molecule has 2 N–H and O–H groups in total. The number of ether oxygens (including phenoxy) is 1. The van der Waals surface area contributed by atoms with Crippen molar-refractivity contribution in [1.29, 1.82) is 0 Å². The maximum Gasteiger partial charge on any atom is 0.109 e. The monoisotopic (exact) mass is 1180 g/mol. The second-order valence-corrected chi connectivity index (χ2v) is 59.2. The molecule has 72 aliphatic rings. The summed E-state index contributed by atoms with van der Waals surface area (Å²) in [6, 6.07) is 18.5. The van der Waals surface area contributed by atoms with Gasteiger partial charge in [-0.25, -0.2) is 0 Å². The van der Waals surface area contributed by atoms with E-state index >= 15 is 0 Å². The lowest BCUT2D eigenvalue weighted by Crippen LogP contribution is -2.23. The molecule has 0 aliphatic heterocycles. The molecule has 0 saturated heterocycles. The molecular weight excluding hydrogens is 1150 g/mol. The Bertz CT molecular complexity index is 7410. The molecular formula is C93H37NO. The van der Waals surface area contributed by atoms with Gasteiger partial charge in [-0.05, 0) is 436 Å². The lowest BCUT2D eigenvalue weighted by Gasteiger charge is -2.23. The first kappa shape index (κ1) is 30.2. The van der Waals surface area contributed by atoms with Crippen LogP contribution in [0.2, 0.25) is 0 Å². The fourth-order valence-electron chi connectivity index (χ4n) is 94.8. The largest absolute Gasteiger partial charge is 0.354 e. The van der Waals surface area contributed by atoms with Crippen molar-refractivity contribution in [2.75, 3.05) is 6.73 Å². The predicted molar refractivity (Wildman–Crippen MR) is 302 cm³/mol. The highest BCUT2D eigenvalue weighted by molar-refractivity contribution is 7.21. The van der Waals surface area contributed by atoms with E-state index in [4.69, 9.17) is 10.5 Å². The Labute approximate surface area is 530 Å². The highest BCUT2D eigenvalue weighted by Gasteiger charge is 4.03. The Morgan fingerprint density at radius 1 is 0.263 bits per heavy atom. The van der Waals surface area contributed by atoms with E-state index in [0.717, 1.165) is 11.1 Å². The van der Waals surface area contributed by atoms with Crippen molar-refractivity contribution in [2.24, 2.45) is 257 Å². The molecule has 72 saturated carbocycles. The van der Waals surface area contributed by atoms with E-state index in [9.17, 15) is 0 Å². The molecule has 0 aromatic heterocycles. The fourth-order valence-corrected chi connectivity index (χ4v) is 94.8. The summed E-state index contributed by atoms with van der Waals surface area (Å²) in [4.78, 5) is 0. The zero-order valence-electron chi connectivity index (χ0n) is 49.1. The Balaban J connectivity index is 0.0000000645. The summed E-state index contributed by atoms with van der Waals surface area (Å²) in [5, 5.41) is 0. The molecule has 95 heavy (non-hydrogen) atoms. The van der Waals surface area contributed by atoms with E-state index in [1.54, 1.807) is 25.7 Å². The molecule has 2 aromatic rings. The van der Waals surface area contributed by atoms with Crippen LogP contribution in [0.15, 0.2) is 54.6 Å². The lowest BCUT2D eigenvalue weighted by atomic mass is 9.78. The first-order chi connectivity index (χ1) is 46.2. The number of benzene rings is 2. The third-order valence-electron chi connectivity index (χ3n) is 78.7. The van der Waals surface area contributed by atoms with Crippen molar-refractivity contribution in [3.8, 4) is 0 Å². The summed E-state index contributed by atoms with van der Waals surface area (Å²) in [5.41, 5.74) is 92.7. The Hall–Kier alpha value is -1.64. The first-order valence-electron chi connectivity index (χ1n) is 43.6. The Morgan fingerprint density at radius 2 is 0.442 bits per heavy atom. The fraction of sp³-hybridized carbons (Fsp3) is 0.871. The van der Waals surface area contributed by atoms with Crippen molar-refractivity contribution in [2.45, 2.75) is 53.6 Å². The zero-order chi connectivity index (χ0) is 51.2. The number of hydrogen-bond donors (Lipinski definition) is 1. The molecule has 0 heterocycles. The van der Waals surface area contributed by atoms with Crippen molar-refractivity contribution in [3.05, 3.63) is 212 Å². The van der Waals surface area contributed by atoms with Crippen molar-refractivity contribution >= 4 is 0 Å². The van der Waals surface area contributed by atoms with Gasteiger partial charge in [0, 0.05) is 0 Å². The summed E-state index contributed by atoms with van der Waals surface area (Å²) in [7, 11) is 0. The van der Waals surface area contributed by atoms with Crippen molar-refractivity contribution in [3.63, 3.8) is 0 Å². The molecule has 65 unspecified atom stereocenters. The zero-order valence-corrected chi connectivity index (χ0v) is 49.1. The van der Waals surface area contributed by atoms with Gasteiger partial charge in [0.15, 0.2) is 0 Å². The summed E-state index contributed by atoms with van der Waals surface area (Å²) in [5.74, 6) is 5.56. The molecule has 74 rings (SSSR count). The molecule has 0 radical (unpaired) electrons. The van der Waals surface area contributed by atoms with Crippen LogP contribution in [-0.2, 0) is 4.74 Å². The molecule has 0 amide bonds. The molecule has 72 aliphatic carbocycles. The van der Waals surface area contributed by atoms with Gasteiger partial charge in [0.05, 0.1) is 6.73 Å². The highest BCUT2D eigenvalue weighted by atomic mass is 16.5. The van der Waals surface area contributed by atoms with E-state index in [-0.39, 0.29) is 27.7 Å². The van der Waals surface area contributed by atoms with Gasteiger partial charge in [0.25, 0.3) is 0 Å². The van der Waals surface area contributed by atoms with Gasteiger partial charge in [-0.3, -0.25) is 0 Å². The molecule has 420 valence electrons. The SMILES string of the molecule is C.C.C1C2C13C21C32C13C21C32C13C21C32C13C21C32C13C21C32C13C21C24C56C78C9%10C%11%12C%13%14C%15%16C%17%18C%19CC%19%17C%18%15C%16%13C%14%11C%129C%107C85C62C341.C1C2C13C21C32C13C21C32C13C21C32C13C21C32C13C21C32C13C21C24C56C78C9%10C%11%12C%13%14C%15%16C%17%18C%19CC%19%17C%18%15C%16%13C%14%11C%129C%107C85C62C341.Cc1ccc(C(OCN)c2ccccc2)cc1. The smallest absolute Gasteiger partial charge is 0.109 e. The van der Waals surface area contributed by atoms with Gasteiger partial charge in [0.2, 0.25) is 0 Å². The number of rotatable bonds is 4. The maximum atomic E-state index is 5.63. The minimum Gasteiger partial charge on any atom is -0.354 e. The van der Waals surface area contributed by atoms with Crippen LogP contribution in [0.3, 0.4) is 0 Å². The molecule has 0 bridgehead atoms. The van der Waals surface area contributed by atoms with Crippen molar-refractivity contribution in [1.82, 2.24) is 0 Å².